The zero-order valence-corrected chi connectivity index (χ0v) is 18.2. The van der Waals surface area contributed by atoms with Crippen molar-refractivity contribution < 1.29 is 9.57 Å². The highest BCUT2D eigenvalue weighted by Crippen LogP contribution is 2.22. The summed E-state index contributed by atoms with van der Waals surface area (Å²) in [5.74, 6) is 0.754. The Bertz CT molecular complexity index is 1120. The quantitative estimate of drug-likeness (QED) is 0.460. The number of hydrogen-bond acceptors (Lipinski definition) is 6. The molecule has 2 aromatic carbocycles. The number of para-hydroxylation sites is 1. The summed E-state index contributed by atoms with van der Waals surface area (Å²) >= 11 is 0. The van der Waals surface area contributed by atoms with Gasteiger partial charge in [-0.05, 0) is 80.4 Å². The molecule has 3 rings (SSSR count). The van der Waals surface area contributed by atoms with Gasteiger partial charge >= 0.3 is 5.69 Å². The molecule has 0 aliphatic carbocycles. The highest BCUT2D eigenvalue weighted by Gasteiger charge is 2.13. The van der Waals surface area contributed by atoms with Gasteiger partial charge < -0.3 is 9.57 Å². The molecule has 0 saturated heterocycles. The molecule has 158 valence electrons. The molecule has 0 N–H and O–H groups in total. The lowest BCUT2D eigenvalue weighted by Crippen LogP contribution is -2.23. The Balaban J connectivity index is 1.78. The van der Waals surface area contributed by atoms with Crippen molar-refractivity contribution in [2.24, 2.45) is 12.2 Å². The third-order valence-corrected chi connectivity index (χ3v) is 4.37. The van der Waals surface area contributed by atoms with E-state index in [-0.39, 0.29) is 11.3 Å². The Labute approximate surface area is 175 Å². The number of hydrogen-bond donors (Lipinski definition) is 0. The van der Waals surface area contributed by atoms with Gasteiger partial charge in [0.2, 0.25) is 0 Å². The van der Waals surface area contributed by atoms with Crippen molar-refractivity contribution in [3.8, 4) is 11.4 Å². The maximum absolute atomic E-state index is 12.2. The summed E-state index contributed by atoms with van der Waals surface area (Å²) in [6.07, 6.45) is 0. The lowest BCUT2D eigenvalue weighted by molar-refractivity contribution is 0.000954. The lowest BCUT2D eigenvalue weighted by atomic mass is 10.1. The maximum atomic E-state index is 12.2. The normalized spacial score (nSPS) is 12.1. The number of tetrazole rings is 1. The molecule has 0 amide bonds. The van der Waals surface area contributed by atoms with Crippen LogP contribution in [0.4, 0.5) is 0 Å². The fraction of sp³-hybridized carbons (Fsp3) is 0.364. The van der Waals surface area contributed by atoms with Gasteiger partial charge in [0.15, 0.2) is 0 Å². The Morgan fingerprint density at radius 1 is 1.13 bits per heavy atom. The van der Waals surface area contributed by atoms with E-state index in [2.05, 4.69) is 15.6 Å². The summed E-state index contributed by atoms with van der Waals surface area (Å²) in [5.41, 5.74) is 3.58. The van der Waals surface area contributed by atoms with E-state index < -0.39 is 0 Å². The predicted molar refractivity (Wildman–Crippen MR) is 115 cm³/mol. The van der Waals surface area contributed by atoms with Crippen LogP contribution in [0, 0.1) is 6.92 Å². The van der Waals surface area contributed by atoms with Crippen molar-refractivity contribution in [3.05, 3.63) is 69.6 Å². The van der Waals surface area contributed by atoms with Crippen LogP contribution in [0.15, 0.2) is 52.4 Å². The third kappa shape index (κ3) is 4.94. The SMILES string of the molecule is CC(=NOC(C)(C)C)c1ccc(OCc2ccccc2-n2nnn(C)c2=O)c(C)c1. The highest BCUT2D eigenvalue weighted by atomic mass is 16.6. The number of rotatable bonds is 6. The fourth-order valence-electron chi connectivity index (χ4n) is 2.75. The van der Waals surface area contributed by atoms with Crippen molar-refractivity contribution in [3.63, 3.8) is 0 Å². The Morgan fingerprint density at radius 2 is 1.87 bits per heavy atom. The molecular weight excluding hydrogens is 382 g/mol. The summed E-state index contributed by atoms with van der Waals surface area (Å²) < 4.78 is 8.49. The van der Waals surface area contributed by atoms with Crippen LogP contribution in [-0.2, 0) is 18.5 Å². The van der Waals surface area contributed by atoms with E-state index >= 15 is 0 Å². The summed E-state index contributed by atoms with van der Waals surface area (Å²) in [4.78, 5) is 17.7. The molecule has 1 heterocycles. The molecule has 30 heavy (non-hydrogen) atoms. The third-order valence-electron chi connectivity index (χ3n) is 4.37. The second-order valence-corrected chi connectivity index (χ2v) is 8.07. The number of benzene rings is 2. The predicted octanol–water partition coefficient (Wildman–Crippen LogP) is 3.39. The average molecular weight is 409 g/mol. The second-order valence-electron chi connectivity index (χ2n) is 8.07. The van der Waals surface area contributed by atoms with E-state index in [4.69, 9.17) is 9.57 Å². The van der Waals surface area contributed by atoms with Gasteiger partial charge in [-0.1, -0.05) is 23.4 Å². The summed E-state index contributed by atoms with van der Waals surface area (Å²) in [7, 11) is 1.56. The van der Waals surface area contributed by atoms with Crippen molar-refractivity contribution in [2.75, 3.05) is 0 Å². The van der Waals surface area contributed by atoms with Gasteiger partial charge in [0.05, 0.1) is 11.4 Å². The van der Waals surface area contributed by atoms with Gasteiger partial charge in [0, 0.05) is 12.6 Å². The number of aryl methyl sites for hydroxylation is 2. The molecule has 8 nitrogen and oxygen atoms in total. The van der Waals surface area contributed by atoms with E-state index in [1.165, 1.54) is 9.36 Å². The zero-order chi connectivity index (χ0) is 21.9. The van der Waals surface area contributed by atoms with Crippen LogP contribution in [-0.4, -0.2) is 31.1 Å². The standard InChI is InChI=1S/C22H27N5O3/c1-15-13-17(16(2)23-30-22(3,4)5)11-12-20(15)29-14-18-9-7-8-10-19(18)27-21(28)26(6)24-25-27/h7-13H,14H2,1-6H3. The zero-order valence-electron chi connectivity index (χ0n) is 18.2. The monoisotopic (exact) mass is 409 g/mol. The molecule has 0 unspecified atom stereocenters. The first-order valence-corrected chi connectivity index (χ1v) is 9.69. The summed E-state index contributed by atoms with van der Waals surface area (Å²) in [6.45, 7) is 10.1. The fourth-order valence-corrected chi connectivity index (χ4v) is 2.75. The number of oxime groups is 1. The average Bonchev–Trinajstić information content (AvgIpc) is 3.03. The molecule has 0 radical (unpaired) electrons. The van der Waals surface area contributed by atoms with Gasteiger partial charge in [-0.3, -0.25) is 0 Å². The first-order chi connectivity index (χ1) is 14.2. The second kappa shape index (κ2) is 8.52. The molecule has 0 fully saturated rings. The molecule has 0 spiro atoms. The van der Waals surface area contributed by atoms with Crippen LogP contribution < -0.4 is 10.4 Å². The molecule has 3 aromatic rings. The summed E-state index contributed by atoms with van der Waals surface area (Å²) in [6, 6.07) is 13.3. The van der Waals surface area contributed by atoms with Gasteiger partial charge in [0.1, 0.15) is 18.0 Å². The van der Waals surface area contributed by atoms with Crippen LogP contribution in [0.5, 0.6) is 5.75 Å². The minimum atomic E-state index is -0.335. The van der Waals surface area contributed by atoms with Crippen molar-refractivity contribution >= 4 is 5.71 Å². The first kappa shape index (κ1) is 21.3. The largest absolute Gasteiger partial charge is 0.489 e. The molecule has 0 bridgehead atoms. The van der Waals surface area contributed by atoms with E-state index in [0.717, 1.165) is 28.2 Å². The van der Waals surface area contributed by atoms with Gasteiger partial charge in [0.25, 0.3) is 0 Å². The first-order valence-electron chi connectivity index (χ1n) is 9.69. The maximum Gasteiger partial charge on any atom is 0.368 e. The topological polar surface area (TPSA) is 83.5 Å². The van der Waals surface area contributed by atoms with E-state index in [1.807, 2.05) is 77.1 Å². The van der Waals surface area contributed by atoms with Crippen molar-refractivity contribution in [2.45, 2.75) is 46.8 Å². The van der Waals surface area contributed by atoms with Crippen LogP contribution in [0.25, 0.3) is 5.69 Å². The molecular formula is C22H27N5O3. The van der Waals surface area contributed by atoms with Crippen LogP contribution in [0.3, 0.4) is 0 Å². The van der Waals surface area contributed by atoms with Crippen molar-refractivity contribution in [1.82, 2.24) is 19.8 Å². The molecule has 0 aliphatic rings. The van der Waals surface area contributed by atoms with E-state index in [1.54, 1.807) is 7.05 Å². The van der Waals surface area contributed by atoms with Crippen LogP contribution in [0.1, 0.15) is 44.4 Å². The van der Waals surface area contributed by atoms with Crippen LogP contribution >= 0.6 is 0 Å². The molecule has 1 aromatic heterocycles. The van der Waals surface area contributed by atoms with Gasteiger partial charge in [-0.15, -0.1) is 0 Å². The smallest absolute Gasteiger partial charge is 0.368 e. The van der Waals surface area contributed by atoms with Crippen molar-refractivity contribution in [1.29, 1.82) is 0 Å². The number of nitrogens with zero attached hydrogens (tertiary/aromatic N) is 5. The molecule has 0 saturated carbocycles. The number of ether oxygens (including phenoxy) is 1. The minimum Gasteiger partial charge on any atom is -0.489 e. The molecule has 0 atom stereocenters. The Hall–Kier alpha value is -3.42. The number of aromatic nitrogens is 4. The minimum absolute atomic E-state index is 0.291. The highest BCUT2D eigenvalue weighted by molar-refractivity contribution is 5.98. The lowest BCUT2D eigenvalue weighted by Gasteiger charge is -2.16. The molecule has 8 heteroatoms. The van der Waals surface area contributed by atoms with E-state index in [9.17, 15) is 4.79 Å². The van der Waals surface area contributed by atoms with Crippen LogP contribution in [0.2, 0.25) is 0 Å². The Morgan fingerprint density at radius 3 is 2.50 bits per heavy atom. The molecule has 0 aliphatic heterocycles. The summed E-state index contributed by atoms with van der Waals surface area (Å²) in [5, 5.41) is 11.9. The van der Waals surface area contributed by atoms with Gasteiger partial charge in [-0.2, -0.15) is 9.36 Å². The Kier molecular flexibility index (Phi) is 6.05. The van der Waals surface area contributed by atoms with E-state index in [0.29, 0.717) is 12.3 Å². The van der Waals surface area contributed by atoms with Gasteiger partial charge in [-0.25, -0.2) is 4.79 Å².